The number of nitrogens with zero attached hydrogens (tertiary/aromatic N) is 2. The third-order valence-electron chi connectivity index (χ3n) is 5.96. The van der Waals surface area contributed by atoms with Crippen LogP contribution in [0.15, 0.2) is 65.1 Å². The van der Waals surface area contributed by atoms with E-state index in [2.05, 4.69) is 10.2 Å². The van der Waals surface area contributed by atoms with Crippen LogP contribution < -0.4 is 4.74 Å². The normalized spacial score (nSPS) is 13.7. The average molecular weight is 485 g/mol. The number of hydrogen-bond donors (Lipinski definition) is 1. The number of benzene rings is 3. The first kappa shape index (κ1) is 21.6. The van der Waals surface area contributed by atoms with Gasteiger partial charge in [-0.25, -0.2) is 4.39 Å². The predicted molar refractivity (Wildman–Crippen MR) is 135 cm³/mol. The van der Waals surface area contributed by atoms with Crippen molar-refractivity contribution < 1.29 is 18.7 Å². The predicted octanol–water partition coefficient (Wildman–Crippen LogP) is 7.94. The van der Waals surface area contributed by atoms with Gasteiger partial charge in [-0.1, -0.05) is 18.2 Å². The minimum absolute atomic E-state index is 0.189. The molecule has 174 valence electrons. The molecule has 6 rings (SSSR count). The number of phenols is 1. The summed E-state index contributed by atoms with van der Waals surface area (Å²) in [6.07, 6.45) is 5.97. The molecule has 0 saturated heterocycles. The molecule has 7 heteroatoms. The molecule has 1 aliphatic carbocycles. The van der Waals surface area contributed by atoms with Crippen molar-refractivity contribution in [1.29, 1.82) is 0 Å². The van der Waals surface area contributed by atoms with Crippen molar-refractivity contribution in [3.8, 4) is 27.7 Å². The molecule has 0 bridgehead atoms. The zero-order valence-electron chi connectivity index (χ0n) is 18.9. The van der Waals surface area contributed by atoms with Gasteiger partial charge in [-0.2, -0.15) is 0 Å². The van der Waals surface area contributed by atoms with E-state index >= 15 is 0 Å². The fourth-order valence-electron chi connectivity index (χ4n) is 3.96. The number of halogens is 1. The largest absolute Gasteiger partial charge is 0.508 e. The maximum atomic E-state index is 13.7. The van der Waals surface area contributed by atoms with E-state index in [1.165, 1.54) is 23.5 Å². The Morgan fingerprint density at radius 1 is 1.03 bits per heavy atom. The first-order valence-electron chi connectivity index (χ1n) is 11.3. The lowest BCUT2D eigenvalue weighted by Gasteiger charge is -2.10. The molecule has 35 heavy (non-hydrogen) atoms. The Hall–Kier alpha value is -3.97. The van der Waals surface area contributed by atoms with Gasteiger partial charge in [-0.05, 0) is 85.0 Å². The molecule has 5 nitrogen and oxygen atoms in total. The minimum atomic E-state index is -0.277. The van der Waals surface area contributed by atoms with Crippen LogP contribution in [0.4, 0.5) is 4.39 Å². The Balaban J connectivity index is 1.29. The summed E-state index contributed by atoms with van der Waals surface area (Å²) in [7, 11) is 0. The number of rotatable bonds is 6. The third-order valence-corrected chi connectivity index (χ3v) is 7.13. The number of phenolic OH excluding ortho intramolecular Hbond substituents is 1. The lowest BCUT2D eigenvalue weighted by Crippen LogP contribution is -1.88. The molecule has 1 N–H and O–H groups in total. The number of hydrogen-bond acceptors (Lipinski definition) is 6. The molecule has 0 spiro atoms. The summed E-state index contributed by atoms with van der Waals surface area (Å²) >= 11 is 1.51. The Morgan fingerprint density at radius 2 is 1.86 bits per heavy atom. The Kier molecular flexibility index (Phi) is 5.34. The van der Waals surface area contributed by atoms with E-state index in [9.17, 15) is 9.50 Å². The summed E-state index contributed by atoms with van der Waals surface area (Å²) in [4.78, 5) is 0.884. The zero-order chi connectivity index (χ0) is 23.9. The number of aromatic nitrogens is 2. The zero-order valence-corrected chi connectivity index (χ0v) is 19.7. The van der Waals surface area contributed by atoms with Gasteiger partial charge in [0.1, 0.15) is 17.3 Å². The summed E-state index contributed by atoms with van der Waals surface area (Å²) in [6, 6.07) is 17.6. The van der Waals surface area contributed by atoms with Crippen molar-refractivity contribution >= 4 is 33.6 Å². The molecule has 5 aromatic rings. The maximum Gasteiger partial charge on any atom is 0.240 e. The molecular formula is C28H21FN2O3S. The number of aryl methyl sites for hydroxylation is 1. The van der Waals surface area contributed by atoms with Crippen LogP contribution in [0.25, 0.3) is 32.7 Å². The Bertz CT molecular complexity index is 1570. The van der Waals surface area contributed by atoms with Crippen LogP contribution in [0.5, 0.6) is 17.2 Å². The SMILES string of the molecule is Cc1cc(F)ccc1-c1sc2cc(O)ccc2c1Oc1ccc(C=Cc2nnc(C3CC3)o2)cc1. The van der Waals surface area contributed by atoms with Crippen molar-refractivity contribution in [2.45, 2.75) is 25.7 Å². The second kappa shape index (κ2) is 8.67. The summed E-state index contributed by atoms with van der Waals surface area (Å²) in [5, 5.41) is 19.0. The van der Waals surface area contributed by atoms with Crippen molar-refractivity contribution in [3.05, 3.63) is 89.4 Å². The van der Waals surface area contributed by atoms with E-state index < -0.39 is 0 Å². The second-order valence-corrected chi connectivity index (χ2v) is 9.71. The second-order valence-electron chi connectivity index (χ2n) is 8.66. The van der Waals surface area contributed by atoms with Crippen LogP contribution in [0, 0.1) is 12.7 Å². The van der Waals surface area contributed by atoms with Gasteiger partial charge >= 0.3 is 0 Å². The highest BCUT2D eigenvalue weighted by Crippen LogP contribution is 2.48. The molecule has 2 heterocycles. The molecule has 0 unspecified atom stereocenters. The molecule has 0 radical (unpaired) electrons. The van der Waals surface area contributed by atoms with Gasteiger partial charge in [0.25, 0.3) is 0 Å². The maximum absolute atomic E-state index is 13.7. The molecule has 1 aliphatic rings. The highest BCUT2D eigenvalue weighted by molar-refractivity contribution is 7.22. The van der Waals surface area contributed by atoms with Crippen molar-refractivity contribution in [2.24, 2.45) is 0 Å². The van der Waals surface area contributed by atoms with Crippen LogP contribution in [0.1, 0.15) is 41.7 Å². The number of thiophene rings is 1. The quantitative estimate of drug-likeness (QED) is 0.265. The van der Waals surface area contributed by atoms with E-state index in [0.29, 0.717) is 23.3 Å². The van der Waals surface area contributed by atoms with E-state index in [4.69, 9.17) is 9.15 Å². The molecule has 0 aliphatic heterocycles. The van der Waals surface area contributed by atoms with Gasteiger partial charge in [0, 0.05) is 22.1 Å². The molecule has 1 fully saturated rings. The summed E-state index contributed by atoms with van der Waals surface area (Å²) in [6.45, 7) is 1.88. The third kappa shape index (κ3) is 4.42. The lowest BCUT2D eigenvalue weighted by atomic mass is 10.1. The first-order chi connectivity index (χ1) is 17.0. The molecular weight excluding hydrogens is 463 g/mol. The number of fused-ring (bicyclic) bond motifs is 1. The smallest absolute Gasteiger partial charge is 0.240 e. The topological polar surface area (TPSA) is 68.4 Å². The van der Waals surface area contributed by atoms with Gasteiger partial charge in [-0.3, -0.25) is 0 Å². The number of ether oxygens (including phenoxy) is 1. The minimum Gasteiger partial charge on any atom is -0.508 e. The fraction of sp³-hybridized carbons (Fsp3) is 0.143. The molecule has 0 amide bonds. The van der Waals surface area contributed by atoms with Gasteiger partial charge in [0.05, 0.1) is 4.88 Å². The van der Waals surface area contributed by atoms with Crippen LogP contribution in [0.3, 0.4) is 0 Å². The van der Waals surface area contributed by atoms with Crippen LogP contribution in [0.2, 0.25) is 0 Å². The number of aromatic hydroxyl groups is 1. The van der Waals surface area contributed by atoms with Crippen molar-refractivity contribution in [1.82, 2.24) is 10.2 Å². The van der Waals surface area contributed by atoms with Crippen LogP contribution in [-0.2, 0) is 0 Å². The first-order valence-corrected chi connectivity index (χ1v) is 12.2. The van der Waals surface area contributed by atoms with E-state index in [-0.39, 0.29) is 11.6 Å². The molecule has 1 saturated carbocycles. The fourth-order valence-corrected chi connectivity index (χ4v) is 5.22. The van der Waals surface area contributed by atoms with E-state index in [0.717, 1.165) is 50.4 Å². The van der Waals surface area contributed by atoms with Crippen LogP contribution in [-0.4, -0.2) is 15.3 Å². The van der Waals surface area contributed by atoms with Gasteiger partial charge in [0.15, 0.2) is 5.75 Å². The van der Waals surface area contributed by atoms with E-state index in [1.54, 1.807) is 18.2 Å². The monoisotopic (exact) mass is 484 g/mol. The van der Waals surface area contributed by atoms with Gasteiger partial charge in [-0.15, -0.1) is 21.5 Å². The standard InChI is InChI=1S/C28H21FN2O3S/c1-16-14-19(29)7-11-22(16)27-26(23-12-8-20(32)15-24(23)35-27)33-21-9-2-17(3-10-21)4-13-25-30-31-28(34-25)18-5-6-18/h2-4,7-15,18,32H,5-6H2,1H3. The van der Waals surface area contributed by atoms with Crippen molar-refractivity contribution in [3.63, 3.8) is 0 Å². The molecule has 0 atom stereocenters. The van der Waals surface area contributed by atoms with Gasteiger partial charge in [0.2, 0.25) is 11.8 Å². The van der Waals surface area contributed by atoms with Crippen molar-refractivity contribution in [2.75, 3.05) is 0 Å². The lowest BCUT2D eigenvalue weighted by molar-refractivity contribution is 0.476. The average Bonchev–Trinajstić information content (AvgIpc) is 3.49. The van der Waals surface area contributed by atoms with Gasteiger partial charge < -0.3 is 14.3 Å². The highest BCUT2D eigenvalue weighted by atomic mass is 32.1. The van der Waals surface area contributed by atoms with Crippen LogP contribution >= 0.6 is 11.3 Å². The molecule has 3 aromatic carbocycles. The Morgan fingerprint density at radius 3 is 2.63 bits per heavy atom. The Labute approximate surface area is 205 Å². The summed E-state index contributed by atoms with van der Waals surface area (Å²) < 4.78 is 26.7. The summed E-state index contributed by atoms with van der Waals surface area (Å²) in [5.41, 5.74) is 2.68. The van der Waals surface area contributed by atoms with E-state index in [1.807, 2.05) is 49.4 Å². The summed E-state index contributed by atoms with van der Waals surface area (Å²) in [5.74, 6) is 2.92. The molecule has 2 aromatic heterocycles. The highest BCUT2D eigenvalue weighted by Gasteiger charge is 2.29.